The Balaban J connectivity index is 1.83. The molecule has 1 aromatic carbocycles. The number of para-hydroxylation sites is 1. The lowest BCUT2D eigenvalue weighted by atomic mass is 10.3. The number of amides is 1. The fourth-order valence-corrected chi connectivity index (χ4v) is 2.74. The Kier molecular flexibility index (Phi) is 5.31. The molecule has 1 amide bonds. The van der Waals surface area contributed by atoms with Crippen LogP contribution in [0.5, 0.6) is 5.75 Å². The van der Waals surface area contributed by atoms with Gasteiger partial charge in [0.2, 0.25) is 0 Å². The topological polar surface area (TPSA) is 50.7 Å². The third-order valence-electron chi connectivity index (χ3n) is 2.39. The quantitative estimate of drug-likeness (QED) is 0.661. The number of nitrogens with one attached hydrogen (secondary N) is 1. The average molecular weight is 353 g/mol. The van der Waals surface area contributed by atoms with Crippen LogP contribution in [0.2, 0.25) is 0 Å². The maximum atomic E-state index is 11.6. The molecule has 1 heterocycles. The lowest BCUT2D eigenvalue weighted by Crippen LogP contribution is -2.25. The van der Waals surface area contributed by atoms with E-state index >= 15 is 0 Å². The molecule has 1 N–H and O–H groups in total. The summed E-state index contributed by atoms with van der Waals surface area (Å²) in [6, 6.07) is 13.1. The number of carbonyl (C=O) groups is 1. The van der Waals surface area contributed by atoms with E-state index in [9.17, 15) is 4.79 Å². The van der Waals surface area contributed by atoms with Crippen molar-refractivity contribution in [1.29, 1.82) is 0 Å². The molecule has 0 aliphatic heterocycles. The fourth-order valence-electron chi connectivity index (χ4n) is 1.41. The van der Waals surface area contributed by atoms with Crippen molar-refractivity contribution in [2.45, 2.75) is 6.92 Å². The largest absolute Gasteiger partial charge is 0.484 e. The van der Waals surface area contributed by atoms with Crippen LogP contribution in [0.25, 0.3) is 0 Å². The Morgan fingerprint density at radius 3 is 2.70 bits per heavy atom. The standard InChI is InChI=1S/C14H13BrN2O2S/c1-10(12-7-8-13(15)20-12)16-17-14(18)9-19-11-5-3-2-4-6-11/h2-8H,9H2,1H3,(H,17,18)/b16-10+. The highest BCUT2D eigenvalue weighted by Gasteiger charge is 2.04. The molecular weight excluding hydrogens is 340 g/mol. The van der Waals surface area contributed by atoms with Gasteiger partial charge in [0.1, 0.15) is 5.75 Å². The van der Waals surface area contributed by atoms with Gasteiger partial charge in [-0.3, -0.25) is 4.79 Å². The highest BCUT2D eigenvalue weighted by Crippen LogP contribution is 2.22. The zero-order chi connectivity index (χ0) is 14.4. The first-order valence-electron chi connectivity index (χ1n) is 5.92. The molecule has 2 rings (SSSR count). The SMILES string of the molecule is C/C(=N\NC(=O)COc1ccccc1)c1ccc(Br)s1. The fraction of sp³-hybridized carbons (Fsp3) is 0.143. The summed E-state index contributed by atoms with van der Waals surface area (Å²) in [6.07, 6.45) is 0. The van der Waals surface area contributed by atoms with Crippen LogP contribution in [0.4, 0.5) is 0 Å². The van der Waals surface area contributed by atoms with Gasteiger partial charge >= 0.3 is 0 Å². The van der Waals surface area contributed by atoms with Gasteiger partial charge in [-0.1, -0.05) is 18.2 Å². The summed E-state index contributed by atoms with van der Waals surface area (Å²) in [5.41, 5.74) is 3.23. The number of hydrogen-bond acceptors (Lipinski definition) is 4. The Morgan fingerprint density at radius 1 is 1.30 bits per heavy atom. The third-order valence-corrected chi connectivity index (χ3v) is 4.12. The van der Waals surface area contributed by atoms with Crippen LogP contribution in [-0.2, 0) is 4.79 Å². The van der Waals surface area contributed by atoms with Crippen molar-refractivity contribution in [1.82, 2.24) is 5.43 Å². The highest BCUT2D eigenvalue weighted by molar-refractivity contribution is 9.11. The smallest absolute Gasteiger partial charge is 0.277 e. The summed E-state index contributed by atoms with van der Waals surface area (Å²) < 4.78 is 6.35. The van der Waals surface area contributed by atoms with E-state index in [4.69, 9.17) is 4.74 Å². The maximum absolute atomic E-state index is 11.6. The molecule has 2 aromatic rings. The van der Waals surface area contributed by atoms with Gasteiger partial charge in [0.25, 0.3) is 5.91 Å². The number of nitrogens with zero attached hydrogens (tertiary/aromatic N) is 1. The van der Waals surface area contributed by atoms with Crippen LogP contribution in [0.1, 0.15) is 11.8 Å². The van der Waals surface area contributed by atoms with E-state index in [1.807, 2.05) is 37.3 Å². The first-order chi connectivity index (χ1) is 9.65. The first kappa shape index (κ1) is 14.7. The number of rotatable bonds is 5. The number of hydrogen-bond donors (Lipinski definition) is 1. The molecule has 1 aromatic heterocycles. The molecule has 0 saturated carbocycles. The van der Waals surface area contributed by atoms with Crippen LogP contribution in [-0.4, -0.2) is 18.2 Å². The molecule has 0 bridgehead atoms. The van der Waals surface area contributed by atoms with Crippen LogP contribution < -0.4 is 10.2 Å². The first-order valence-corrected chi connectivity index (χ1v) is 7.53. The van der Waals surface area contributed by atoms with Crippen molar-refractivity contribution in [3.8, 4) is 5.75 Å². The van der Waals surface area contributed by atoms with Gasteiger partial charge in [-0.25, -0.2) is 5.43 Å². The second kappa shape index (κ2) is 7.21. The normalized spacial score (nSPS) is 11.2. The summed E-state index contributed by atoms with van der Waals surface area (Å²) in [5, 5.41) is 4.05. The summed E-state index contributed by atoms with van der Waals surface area (Å²) in [5.74, 6) is 0.370. The van der Waals surface area contributed by atoms with Crippen LogP contribution in [0.3, 0.4) is 0 Å². The molecule has 0 atom stereocenters. The molecule has 0 saturated heterocycles. The van der Waals surface area contributed by atoms with Crippen molar-refractivity contribution < 1.29 is 9.53 Å². The van der Waals surface area contributed by atoms with Crippen LogP contribution >= 0.6 is 27.3 Å². The summed E-state index contributed by atoms with van der Waals surface area (Å²) >= 11 is 4.95. The Bertz CT molecular complexity index is 611. The van der Waals surface area contributed by atoms with Gasteiger partial charge in [0.05, 0.1) is 14.4 Å². The van der Waals surface area contributed by atoms with Gasteiger partial charge in [-0.15, -0.1) is 11.3 Å². The number of benzene rings is 1. The van der Waals surface area contributed by atoms with E-state index in [2.05, 4.69) is 26.5 Å². The summed E-state index contributed by atoms with van der Waals surface area (Å²) in [4.78, 5) is 12.6. The second-order valence-electron chi connectivity index (χ2n) is 3.94. The van der Waals surface area contributed by atoms with E-state index in [1.54, 1.807) is 23.5 Å². The highest BCUT2D eigenvalue weighted by atomic mass is 79.9. The zero-order valence-electron chi connectivity index (χ0n) is 10.8. The predicted molar refractivity (Wildman–Crippen MR) is 84.3 cm³/mol. The number of ether oxygens (including phenoxy) is 1. The molecule has 0 radical (unpaired) electrons. The predicted octanol–water partition coefficient (Wildman–Crippen LogP) is 3.43. The monoisotopic (exact) mass is 352 g/mol. The summed E-state index contributed by atoms with van der Waals surface area (Å²) in [6.45, 7) is 1.78. The molecular formula is C14H13BrN2O2S. The van der Waals surface area contributed by atoms with E-state index in [0.717, 1.165) is 14.4 Å². The van der Waals surface area contributed by atoms with Gasteiger partial charge in [-0.2, -0.15) is 5.10 Å². The van der Waals surface area contributed by atoms with Crippen molar-refractivity contribution in [3.63, 3.8) is 0 Å². The van der Waals surface area contributed by atoms with Crippen molar-refractivity contribution >= 4 is 38.9 Å². The molecule has 104 valence electrons. The van der Waals surface area contributed by atoms with E-state index in [1.165, 1.54) is 0 Å². The Morgan fingerprint density at radius 2 is 2.05 bits per heavy atom. The third kappa shape index (κ3) is 4.47. The number of hydrazone groups is 1. The van der Waals surface area contributed by atoms with E-state index in [-0.39, 0.29) is 12.5 Å². The van der Waals surface area contributed by atoms with Crippen molar-refractivity contribution in [2.24, 2.45) is 5.10 Å². The number of halogens is 1. The number of carbonyl (C=O) groups excluding carboxylic acids is 1. The zero-order valence-corrected chi connectivity index (χ0v) is 13.2. The molecule has 0 fully saturated rings. The Hall–Kier alpha value is -1.66. The van der Waals surface area contributed by atoms with Crippen molar-refractivity contribution in [2.75, 3.05) is 6.61 Å². The summed E-state index contributed by atoms with van der Waals surface area (Å²) in [7, 11) is 0. The molecule has 0 unspecified atom stereocenters. The maximum Gasteiger partial charge on any atom is 0.277 e. The second-order valence-corrected chi connectivity index (χ2v) is 6.40. The van der Waals surface area contributed by atoms with E-state index in [0.29, 0.717) is 5.75 Å². The van der Waals surface area contributed by atoms with Gasteiger partial charge in [-0.05, 0) is 47.1 Å². The minimum absolute atomic E-state index is 0.0606. The molecule has 20 heavy (non-hydrogen) atoms. The Labute approximate surface area is 129 Å². The van der Waals surface area contributed by atoms with Crippen LogP contribution in [0.15, 0.2) is 51.4 Å². The van der Waals surface area contributed by atoms with Gasteiger partial charge < -0.3 is 4.74 Å². The number of thiophene rings is 1. The lowest BCUT2D eigenvalue weighted by molar-refractivity contribution is -0.123. The molecule has 0 aliphatic rings. The van der Waals surface area contributed by atoms with Crippen molar-refractivity contribution in [3.05, 3.63) is 51.1 Å². The lowest BCUT2D eigenvalue weighted by Gasteiger charge is -2.04. The van der Waals surface area contributed by atoms with Crippen LogP contribution in [0, 0.1) is 0 Å². The van der Waals surface area contributed by atoms with Gasteiger partial charge in [0, 0.05) is 0 Å². The van der Waals surface area contributed by atoms with E-state index < -0.39 is 0 Å². The average Bonchev–Trinajstić information content (AvgIpc) is 2.90. The molecule has 0 aliphatic carbocycles. The molecule has 0 spiro atoms. The van der Waals surface area contributed by atoms with Gasteiger partial charge in [0.15, 0.2) is 6.61 Å². The molecule has 6 heteroatoms. The molecule has 4 nitrogen and oxygen atoms in total. The minimum atomic E-state index is -0.288. The minimum Gasteiger partial charge on any atom is -0.484 e.